The lowest BCUT2D eigenvalue weighted by Crippen LogP contribution is -2.59. The van der Waals surface area contributed by atoms with E-state index in [0.29, 0.717) is 5.92 Å². The molecule has 0 aromatic carbocycles. The van der Waals surface area contributed by atoms with E-state index >= 15 is 0 Å². The van der Waals surface area contributed by atoms with Crippen LogP contribution < -0.4 is 10.6 Å². The van der Waals surface area contributed by atoms with Gasteiger partial charge in [-0.1, -0.05) is 13.8 Å². The lowest BCUT2D eigenvalue weighted by molar-refractivity contribution is -0.0946. The molecule has 28 heavy (non-hydrogen) atoms. The van der Waals surface area contributed by atoms with Gasteiger partial charge in [-0.05, 0) is 33.6 Å². The molecule has 0 saturated carbocycles. The summed E-state index contributed by atoms with van der Waals surface area (Å²) < 4.78 is 11.8. The van der Waals surface area contributed by atoms with Crippen molar-refractivity contribution < 1.29 is 9.47 Å². The highest BCUT2D eigenvalue weighted by atomic mass is 16.5. The van der Waals surface area contributed by atoms with Crippen LogP contribution in [0.15, 0.2) is 4.99 Å². The molecule has 2 aliphatic rings. The summed E-state index contributed by atoms with van der Waals surface area (Å²) in [5.74, 6) is 1.53. The second kappa shape index (κ2) is 10.8. The Kier molecular flexibility index (Phi) is 8.99. The van der Waals surface area contributed by atoms with Gasteiger partial charge in [-0.3, -0.25) is 14.8 Å². The standard InChI is InChI=1S/C21H43N5O2/c1-16(2)11-25-8-9-27-19(14-25)10-23-20(22-7)24-15-21(5,6)26-12-17(3)28-18(4)13-26/h16-19H,8-15H2,1-7H3,(H2,22,23,24). The third-order valence-electron chi connectivity index (χ3n) is 5.53. The maximum atomic E-state index is 5.94. The number of guanidine groups is 1. The van der Waals surface area contributed by atoms with E-state index in [4.69, 9.17) is 9.47 Å². The van der Waals surface area contributed by atoms with Crippen molar-refractivity contribution in [3.63, 3.8) is 0 Å². The topological polar surface area (TPSA) is 61.4 Å². The van der Waals surface area contributed by atoms with Crippen LogP contribution >= 0.6 is 0 Å². The molecular weight excluding hydrogens is 354 g/mol. The minimum Gasteiger partial charge on any atom is -0.374 e. The van der Waals surface area contributed by atoms with E-state index in [2.05, 4.69) is 67.0 Å². The molecule has 2 fully saturated rings. The number of rotatable bonds is 7. The molecule has 3 atom stereocenters. The Hall–Kier alpha value is -0.890. The molecule has 0 spiro atoms. The normalized spacial score (nSPS) is 28.6. The number of hydrogen-bond donors (Lipinski definition) is 2. The first-order valence-corrected chi connectivity index (χ1v) is 10.9. The molecule has 164 valence electrons. The third-order valence-corrected chi connectivity index (χ3v) is 5.53. The molecular formula is C21H43N5O2. The van der Waals surface area contributed by atoms with Crippen molar-refractivity contribution in [1.29, 1.82) is 0 Å². The van der Waals surface area contributed by atoms with Crippen LogP contribution in [0.2, 0.25) is 0 Å². The summed E-state index contributed by atoms with van der Waals surface area (Å²) in [5, 5.41) is 6.96. The molecule has 0 aliphatic carbocycles. The van der Waals surface area contributed by atoms with E-state index in [-0.39, 0.29) is 23.9 Å². The molecule has 2 rings (SSSR count). The number of nitrogens with zero attached hydrogens (tertiary/aromatic N) is 3. The lowest BCUT2D eigenvalue weighted by Gasteiger charge is -2.45. The van der Waals surface area contributed by atoms with Gasteiger partial charge in [-0.2, -0.15) is 0 Å². The van der Waals surface area contributed by atoms with Gasteiger partial charge in [0.2, 0.25) is 0 Å². The van der Waals surface area contributed by atoms with Crippen molar-refractivity contribution in [2.45, 2.75) is 65.4 Å². The summed E-state index contributed by atoms with van der Waals surface area (Å²) in [4.78, 5) is 9.41. The molecule has 0 amide bonds. The Labute approximate surface area is 172 Å². The molecule has 2 heterocycles. The SMILES string of the molecule is CN=C(NCC1CN(CC(C)C)CCO1)NCC(C)(C)N1CC(C)OC(C)C1. The minimum absolute atomic E-state index is 0.0271. The highest BCUT2D eigenvalue weighted by Crippen LogP contribution is 2.20. The zero-order chi connectivity index (χ0) is 20.7. The molecule has 3 unspecified atom stereocenters. The van der Waals surface area contributed by atoms with Crippen molar-refractivity contribution in [3.8, 4) is 0 Å². The molecule has 0 aromatic heterocycles. The van der Waals surface area contributed by atoms with E-state index in [1.807, 2.05) is 7.05 Å². The average Bonchev–Trinajstić information content (AvgIpc) is 2.61. The van der Waals surface area contributed by atoms with Gasteiger partial charge in [0.1, 0.15) is 0 Å². The highest BCUT2D eigenvalue weighted by Gasteiger charge is 2.33. The Bertz CT molecular complexity index is 487. The zero-order valence-corrected chi connectivity index (χ0v) is 19.1. The van der Waals surface area contributed by atoms with Gasteiger partial charge in [0.15, 0.2) is 5.96 Å². The molecule has 0 radical (unpaired) electrons. The van der Waals surface area contributed by atoms with Gasteiger partial charge in [0.25, 0.3) is 0 Å². The number of nitrogens with one attached hydrogen (secondary N) is 2. The van der Waals surface area contributed by atoms with Gasteiger partial charge >= 0.3 is 0 Å². The minimum atomic E-state index is 0.0271. The molecule has 2 N–H and O–H groups in total. The lowest BCUT2D eigenvalue weighted by atomic mass is 10.00. The number of morpholine rings is 2. The first kappa shape index (κ1) is 23.4. The summed E-state index contributed by atoms with van der Waals surface area (Å²) in [6.07, 6.45) is 0.760. The second-order valence-corrected chi connectivity index (χ2v) is 9.43. The van der Waals surface area contributed by atoms with Crippen LogP contribution in [0.4, 0.5) is 0 Å². The van der Waals surface area contributed by atoms with E-state index in [1.54, 1.807) is 0 Å². The van der Waals surface area contributed by atoms with Crippen LogP contribution in [0.5, 0.6) is 0 Å². The molecule has 7 heteroatoms. The van der Waals surface area contributed by atoms with Crippen LogP contribution in [-0.4, -0.2) is 99.1 Å². The molecule has 2 aliphatic heterocycles. The predicted octanol–water partition coefficient (Wildman–Crippen LogP) is 1.40. The van der Waals surface area contributed by atoms with Gasteiger partial charge < -0.3 is 20.1 Å². The van der Waals surface area contributed by atoms with Crippen LogP contribution in [0, 0.1) is 5.92 Å². The molecule has 2 saturated heterocycles. The monoisotopic (exact) mass is 397 g/mol. The predicted molar refractivity (Wildman–Crippen MR) is 116 cm³/mol. The summed E-state index contributed by atoms with van der Waals surface area (Å²) in [6.45, 7) is 20.9. The van der Waals surface area contributed by atoms with Crippen molar-refractivity contribution in [3.05, 3.63) is 0 Å². The third kappa shape index (κ3) is 7.50. The summed E-state index contributed by atoms with van der Waals surface area (Å²) in [5.41, 5.74) is 0.0271. The van der Waals surface area contributed by atoms with Gasteiger partial charge in [0, 0.05) is 58.4 Å². The van der Waals surface area contributed by atoms with Crippen LogP contribution in [-0.2, 0) is 9.47 Å². The van der Waals surface area contributed by atoms with Crippen LogP contribution in [0.3, 0.4) is 0 Å². The summed E-state index contributed by atoms with van der Waals surface area (Å²) in [6, 6.07) is 0. The summed E-state index contributed by atoms with van der Waals surface area (Å²) in [7, 11) is 1.83. The second-order valence-electron chi connectivity index (χ2n) is 9.43. The first-order valence-electron chi connectivity index (χ1n) is 10.9. The highest BCUT2D eigenvalue weighted by molar-refractivity contribution is 5.79. The first-order chi connectivity index (χ1) is 13.2. The number of aliphatic imine (C=N–C) groups is 1. The molecule has 0 aromatic rings. The quantitative estimate of drug-likeness (QED) is 0.500. The Morgan fingerprint density at radius 3 is 2.43 bits per heavy atom. The fraction of sp³-hybridized carbons (Fsp3) is 0.952. The van der Waals surface area contributed by atoms with E-state index in [1.165, 1.54) is 0 Å². The summed E-state index contributed by atoms with van der Waals surface area (Å²) >= 11 is 0. The zero-order valence-electron chi connectivity index (χ0n) is 19.1. The maximum Gasteiger partial charge on any atom is 0.191 e. The fourth-order valence-corrected chi connectivity index (χ4v) is 4.10. The molecule has 7 nitrogen and oxygen atoms in total. The number of hydrogen-bond acceptors (Lipinski definition) is 5. The smallest absolute Gasteiger partial charge is 0.191 e. The largest absolute Gasteiger partial charge is 0.374 e. The van der Waals surface area contributed by atoms with Crippen LogP contribution in [0.25, 0.3) is 0 Å². The Morgan fingerprint density at radius 2 is 1.82 bits per heavy atom. The fourth-order valence-electron chi connectivity index (χ4n) is 4.10. The van der Waals surface area contributed by atoms with Crippen molar-refractivity contribution in [2.24, 2.45) is 10.9 Å². The van der Waals surface area contributed by atoms with E-state index < -0.39 is 0 Å². The Morgan fingerprint density at radius 1 is 1.14 bits per heavy atom. The van der Waals surface area contributed by atoms with Gasteiger partial charge in [-0.15, -0.1) is 0 Å². The van der Waals surface area contributed by atoms with Gasteiger partial charge in [-0.25, -0.2) is 0 Å². The van der Waals surface area contributed by atoms with Crippen LogP contribution in [0.1, 0.15) is 41.5 Å². The average molecular weight is 398 g/mol. The number of ether oxygens (including phenoxy) is 2. The Balaban J connectivity index is 1.77. The van der Waals surface area contributed by atoms with Gasteiger partial charge in [0.05, 0.1) is 24.9 Å². The van der Waals surface area contributed by atoms with Crippen molar-refractivity contribution in [2.75, 3.05) is 59.5 Å². The maximum absolute atomic E-state index is 5.94. The van der Waals surface area contributed by atoms with Crippen molar-refractivity contribution >= 4 is 5.96 Å². The van der Waals surface area contributed by atoms with E-state index in [9.17, 15) is 0 Å². The van der Waals surface area contributed by atoms with Crippen molar-refractivity contribution in [1.82, 2.24) is 20.4 Å². The van der Waals surface area contributed by atoms with E-state index in [0.717, 1.165) is 58.4 Å². The molecule has 0 bridgehead atoms.